The molecule has 0 aromatic heterocycles. The molecule has 1 fully saturated rings. The zero-order valence-electron chi connectivity index (χ0n) is 8.26. The van der Waals surface area contributed by atoms with Gasteiger partial charge in [0, 0.05) is 18.3 Å². The molecule has 0 aromatic rings. The van der Waals surface area contributed by atoms with Gasteiger partial charge in [-0.15, -0.1) is 0 Å². The van der Waals surface area contributed by atoms with Gasteiger partial charge in [-0.25, -0.2) is 0 Å². The zero-order chi connectivity index (χ0) is 9.35. The van der Waals surface area contributed by atoms with E-state index in [1.165, 1.54) is 0 Å². The Morgan fingerprint density at radius 3 is 2.50 bits per heavy atom. The van der Waals surface area contributed by atoms with E-state index in [0.29, 0.717) is 11.5 Å². The van der Waals surface area contributed by atoms with E-state index >= 15 is 0 Å². The number of thiocarbonyl (C=S) groups is 1. The molecule has 1 heterocycles. The zero-order valence-corrected chi connectivity index (χ0v) is 9.89. The van der Waals surface area contributed by atoms with Gasteiger partial charge in [0.2, 0.25) is 0 Å². The highest BCUT2D eigenvalue weighted by molar-refractivity contribution is 8.23. The molecule has 1 aliphatic heterocycles. The van der Waals surface area contributed by atoms with E-state index in [1.807, 2.05) is 11.8 Å². The van der Waals surface area contributed by atoms with Crippen molar-refractivity contribution in [1.82, 2.24) is 4.90 Å². The second-order valence-electron chi connectivity index (χ2n) is 4.24. The molecule has 12 heavy (non-hydrogen) atoms. The third-order valence-corrected chi connectivity index (χ3v) is 3.87. The molecule has 0 aromatic carbocycles. The topological polar surface area (TPSA) is 3.24 Å². The summed E-state index contributed by atoms with van der Waals surface area (Å²) in [5.41, 5.74) is 0.351. The van der Waals surface area contributed by atoms with Crippen LogP contribution < -0.4 is 0 Å². The molecule has 0 aliphatic carbocycles. The summed E-state index contributed by atoms with van der Waals surface area (Å²) in [7, 11) is 0. The van der Waals surface area contributed by atoms with E-state index in [0.717, 1.165) is 16.6 Å². The highest BCUT2D eigenvalue weighted by Gasteiger charge is 2.36. The summed E-state index contributed by atoms with van der Waals surface area (Å²) in [6.07, 6.45) is 0. The van der Waals surface area contributed by atoms with E-state index in [4.69, 9.17) is 12.2 Å². The van der Waals surface area contributed by atoms with Gasteiger partial charge >= 0.3 is 0 Å². The van der Waals surface area contributed by atoms with Gasteiger partial charge in [0.1, 0.15) is 4.32 Å². The molecule has 0 radical (unpaired) electrons. The Kier molecular flexibility index (Phi) is 3.05. The first-order valence-corrected chi connectivity index (χ1v) is 5.79. The summed E-state index contributed by atoms with van der Waals surface area (Å²) in [6, 6.07) is 0.625. The second-order valence-corrected chi connectivity index (χ2v) is 5.90. The Morgan fingerprint density at radius 2 is 2.17 bits per heavy atom. The first kappa shape index (κ1) is 10.3. The van der Waals surface area contributed by atoms with Crippen LogP contribution in [0.3, 0.4) is 0 Å². The van der Waals surface area contributed by atoms with Gasteiger partial charge in [-0.2, -0.15) is 0 Å². The molecule has 1 aliphatic rings. The number of hydrogen-bond donors (Lipinski definition) is 0. The van der Waals surface area contributed by atoms with E-state index in [2.05, 4.69) is 32.6 Å². The molecule has 1 atom stereocenters. The van der Waals surface area contributed by atoms with Gasteiger partial charge in [-0.05, 0) is 12.3 Å². The Balaban J connectivity index is 2.73. The summed E-state index contributed by atoms with van der Waals surface area (Å²) in [5, 5.41) is 0. The Hall–Kier alpha value is 0.240. The first-order chi connectivity index (χ1) is 5.46. The summed E-state index contributed by atoms with van der Waals surface area (Å²) >= 11 is 7.10. The third kappa shape index (κ3) is 1.94. The standard InChI is InChI=1S/C9H17NS2/c1-5-10-7(9(2,3)4)6-12-8(10)11/h7H,5-6H2,1-4H3/t7-/m1/s1. The fourth-order valence-corrected chi connectivity index (χ4v) is 3.38. The minimum Gasteiger partial charge on any atom is -0.353 e. The highest BCUT2D eigenvalue weighted by atomic mass is 32.2. The molecule has 0 N–H and O–H groups in total. The predicted octanol–water partition coefficient (Wildman–Crippen LogP) is 2.75. The molecule has 0 saturated carbocycles. The molecule has 0 unspecified atom stereocenters. The average Bonchev–Trinajstić information content (AvgIpc) is 2.29. The van der Waals surface area contributed by atoms with Crippen molar-refractivity contribution < 1.29 is 0 Å². The van der Waals surface area contributed by atoms with Crippen LogP contribution in [0.15, 0.2) is 0 Å². The van der Waals surface area contributed by atoms with Crippen molar-refractivity contribution in [3.05, 3.63) is 0 Å². The second kappa shape index (κ2) is 3.54. The molecule has 0 spiro atoms. The van der Waals surface area contributed by atoms with Crippen LogP contribution in [0.5, 0.6) is 0 Å². The van der Waals surface area contributed by atoms with Crippen molar-refractivity contribution in [3.8, 4) is 0 Å². The number of rotatable bonds is 1. The Labute approximate surface area is 84.9 Å². The lowest BCUT2D eigenvalue weighted by molar-refractivity contribution is 0.204. The van der Waals surface area contributed by atoms with Gasteiger partial charge in [-0.1, -0.05) is 44.8 Å². The molecule has 1 rings (SSSR count). The van der Waals surface area contributed by atoms with Crippen molar-refractivity contribution in [3.63, 3.8) is 0 Å². The summed E-state index contributed by atoms with van der Waals surface area (Å²) in [4.78, 5) is 2.35. The van der Waals surface area contributed by atoms with Crippen LogP contribution >= 0.6 is 24.0 Å². The molecule has 3 heteroatoms. The van der Waals surface area contributed by atoms with Gasteiger partial charge in [0.15, 0.2) is 0 Å². The Bertz CT molecular complexity index is 183. The fraction of sp³-hybridized carbons (Fsp3) is 0.889. The van der Waals surface area contributed by atoms with Crippen molar-refractivity contribution in [2.75, 3.05) is 12.3 Å². The lowest BCUT2D eigenvalue weighted by Gasteiger charge is -2.34. The predicted molar refractivity (Wildman–Crippen MR) is 60.7 cm³/mol. The highest BCUT2D eigenvalue weighted by Crippen LogP contribution is 2.34. The van der Waals surface area contributed by atoms with Gasteiger partial charge in [-0.3, -0.25) is 0 Å². The summed E-state index contributed by atoms with van der Waals surface area (Å²) in [5.74, 6) is 1.16. The normalized spacial score (nSPS) is 25.2. The Morgan fingerprint density at radius 1 is 1.58 bits per heavy atom. The average molecular weight is 203 g/mol. The number of thioether (sulfide) groups is 1. The minimum absolute atomic E-state index is 0.351. The molecule has 0 bridgehead atoms. The number of hydrogen-bond acceptors (Lipinski definition) is 2. The molecule has 70 valence electrons. The van der Waals surface area contributed by atoms with Crippen LogP contribution in [0.25, 0.3) is 0 Å². The van der Waals surface area contributed by atoms with E-state index in [1.54, 1.807) is 0 Å². The van der Waals surface area contributed by atoms with Crippen molar-refractivity contribution in [2.45, 2.75) is 33.7 Å². The molecule has 1 nitrogen and oxygen atoms in total. The van der Waals surface area contributed by atoms with Gasteiger partial charge in [0.05, 0.1) is 0 Å². The van der Waals surface area contributed by atoms with Crippen LogP contribution in [0.2, 0.25) is 0 Å². The van der Waals surface area contributed by atoms with E-state index in [9.17, 15) is 0 Å². The fourth-order valence-electron chi connectivity index (χ4n) is 1.52. The molecular weight excluding hydrogens is 186 g/mol. The summed E-state index contributed by atoms with van der Waals surface area (Å²) in [6.45, 7) is 10.1. The molecule has 0 amide bonds. The lowest BCUT2D eigenvalue weighted by Crippen LogP contribution is -2.42. The largest absolute Gasteiger partial charge is 0.353 e. The van der Waals surface area contributed by atoms with Crippen LogP contribution in [0.4, 0.5) is 0 Å². The lowest BCUT2D eigenvalue weighted by atomic mass is 9.87. The molecular formula is C9H17NS2. The first-order valence-electron chi connectivity index (χ1n) is 4.40. The van der Waals surface area contributed by atoms with Crippen LogP contribution in [0, 0.1) is 5.41 Å². The summed E-state index contributed by atoms with van der Waals surface area (Å²) < 4.78 is 1.08. The molecule has 1 saturated heterocycles. The number of nitrogens with zero attached hydrogens (tertiary/aromatic N) is 1. The SMILES string of the molecule is CCN1C(=S)SC[C@@H]1C(C)(C)C. The maximum Gasteiger partial charge on any atom is 0.136 e. The van der Waals surface area contributed by atoms with Crippen LogP contribution in [0.1, 0.15) is 27.7 Å². The minimum atomic E-state index is 0.351. The van der Waals surface area contributed by atoms with Crippen LogP contribution in [-0.2, 0) is 0 Å². The van der Waals surface area contributed by atoms with Crippen molar-refractivity contribution >= 4 is 28.3 Å². The smallest absolute Gasteiger partial charge is 0.136 e. The van der Waals surface area contributed by atoms with Crippen LogP contribution in [-0.4, -0.2) is 27.6 Å². The van der Waals surface area contributed by atoms with Gasteiger partial charge in [0.25, 0.3) is 0 Å². The quantitative estimate of drug-likeness (QED) is 0.603. The van der Waals surface area contributed by atoms with Crippen molar-refractivity contribution in [2.24, 2.45) is 5.41 Å². The third-order valence-electron chi connectivity index (χ3n) is 2.32. The van der Waals surface area contributed by atoms with Gasteiger partial charge < -0.3 is 4.90 Å². The van der Waals surface area contributed by atoms with E-state index in [-0.39, 0.29) is 0 Å². The van der Waals surface area contributed by atoms with E-state index < -0.39 is 0 Å². The monoisotopic (exact) mass is 203 g/mol. The maximum atomic E-state index is 5.27. The van der Waals surface area contributed by atoms with Crippen molar-refractivity contribution in [1.29, 1.82) is 0 Å². The maximum absolute atomic E-state index is 5.27.